The molecule has 2 aliphatic heterocycles. The highest BCUT2D eigenvalue weighted by Gasteiger charge is 2.35. The molecule has 47 heavy (non-hydrogen) atoms. The number of hydrogen-bond donors (Lipinski definition) is 5. The Bertz CT molecular complexity index is 1430. The zero-order valence-electron chi connectivity index (χ0n) is 26.9. The number of aliphatic hydroxyl groups excluding tert-OH is 2. The van der Waals surface area contributed by atoms with Crippen molar-refractivity contribution in [2.24, 2.45) is 0 Å². The monoisotopic (exact) mass is 645 g/mol. The van der Waals surface area contributed by atoms with Gasteiger partial charge in [-0.05, 0) is 60.0 Å². The second-order valence-electron chi connectivity index (χ2n) is 12.5. The second kappa shape index (κ2) is 17.5. The van der Waals surface area contributed by atoms with E-state index in [2.05, 4.69) is 22.3 Å². The number of amides is 2. The molecule has 252 valence electrons. The maximum absolute atomic E-state index is 12.5. The zero-order chi connectivity index (χ0) is 33.0. The van der Waals surface area contributed by atoms with Crippen LogP contribution >= 0.6 is 0 Å². The highest BCUT2D eigenvalue weighted by molar-refractivity contribution is 5.76. The molecule has 2 heterocycles. The lowest BCUT2D eigenvalue weighted by Gasteiger charge is -2.38. The number of nitrogens with one attached hydrogen (secondary N) is 2. The van der Waals surface area contributed by atoms with Crippen LogP contribution in [0.1, 0.15) is 86.0 Å². The number of unbranched alkanes of at least 4 members (excludes halogenated alkanes) is 2. The van der Waals surface area contributed by atoms with Gasteiger partial charge in [0.1, 0.15) is 0 Å². The van der Waals surface area contributed by atoms with Gasteiger partial charge < -0.3 is 25.0 Å². The molecule has 5 N–H and O–H groups in total. The van der Waals surface area contributed by atoms with Crippen LogP contribution < -0.4 is 10.8 Å². The Hall–Kier alpha value is -3.64. The number of aliphatic hydroxyl groups is 2. The molecule has 0 radical (unpaired) electrons. The maximum atomic E-state index is 12.5. The molecule has 4 atom stereocenters. The number of rotatable bonds is 15. The van der Waals surface area contributed by atoms with Gasteiger partial charge in [-0.1, -0.05) is 79.2 Å². The first-order valence-corrected chi connectivity index (χ1v) is 16.7. The lowest BCUT2D eigenvalue weighted by molar-refractivity contribution is -0.253. The number of nitrogens with zero attached hydrogens (tertiary/aromatic N) is 1. The van der Waals surface area contributed by atoms with Gasteiger partial charge in [-0.2, -0.15) is 0 Å². The van der Waals surface area contributed by atoms with Crippen molar-refractivity contribution >= 4 is 11.8 Å². The molecule has 5 rings (SSSR count). The third kappa shape index (κ3) is 9.70. The molecule has 2 saturated heterocycles. The van der Waals surface area contributed by atoms with E-state index in [0.717, 1.165) is 65.7 Å². The van der Waals surface area contributed by atoms with Crippen molar-refractivity contribution in [1.29, 1.82) is 0 Å². The number of ether oxygens (including phenoxy) is 2. The van der Waals surface area contributed by atoms with E-state index in [1.54, 1.807) is 5.48 Å². The predicted octanol–water partition coefficient (Wildman–Crippen LogP) is 4.92. The summed E-state index contributed by atoms with van der Waals surface area (Å²) in [6, 6.07) is 24.2. The number of hydrogen-bond acceptors (Lipinski definition) is 8. The molecule has 0 aromatic heterocycles. The molecule has 3 aromatic rings. The fourth-order valence-corrected chi connectivity index (χ4v) is 6.50. The Kier molecular flexibility index (Phi) is 12.9. The molecule has 0 spiro atoms. The third-order valence-corrected chi connectivity index (χ3v) is 9.18. The van der Waals surface area contributed by atoms with E-state index in [0.29, 0.717) is 32.2 Å². The summed E-state index contributed by atoms with van der Waals surface area (Å²) >= 11 is 0. The minimum Gasteiger partial charge on any atom is -0.395 e. The van der Waals surface area contributed by atoms with Crippen LogP contribution in [0.3, 0.4) is 0 Å². The zero-order valence-corrected chi connectivity index (χ0v) is 26.9. The molecular formula is C37H47N3O7. The van der Waals surface area contributed by atoms with Crippen LogP contribution in [-0.4, -0.2) is 64.0 Å². The molecule has 2 fully saturated rings. The van der Waals surface area contributed by atoms with E-state index in [4.69, 9.17) is 14.7 Å². The van der Waals surface area contributed by atoms with Crippen molar-refractivity contribution in [3.63, 3.8) is 0 Å². The molecule has 0 unspecified atom stereocenters. The van der Waals surface area contributed by atoms with Crippen molar-refractivity contribution < 1.29 is 34.5 Å². The van der Waals surface area contributed by atoms with Crippen LogP contribution in [0.15, 0.2) is 72.8 Å². The van der Waals surface area contributed by atoms with Crippen molar-refractivity contribution in [2.75, 3.05) is 19.7 Å². The fraction of sp³-hybridized carbons (Fsp3) is 0.459. The van der Waals surface area contributed by atoms with Crippen LogP contribution in [0, 0.1) is 0 Å². The van der Waals surface area contributed by atoms with Gasteiger partial charge in [0, 0.05) is 44.0 Å². The fourth-order valence-electron chi connectivity index (χ4n) is 6.50. The average molecular weight is 646 g/mol. The molecule has 10 nitrogen and oxygen atoms in total. The molecular weight excluding hydrogens is 598 g/mol. The first kappa shape index (κ1) is 34.7. The van der Waals surface area contributed by atoms with Crippen molar-refractivity contribution in [1.82, 2.24) is 15.7 Å². The Morgan fingerprint density at radius 1 is 0.851 bits per heavy atom. The van der Waals surface area contributed by atoms with Crippen molar-refractivity contribution in [3.8, 4) is 11.1 Å². The predicted molar refractivity (Wildman–Crippen MR) is 177 cm³/mol. The van der Waals surface area contributed by atoms with E-state index in [9.17, 15) is 19.8 Å². The van der Waals surface area contributed by atoms with Crippen molar-refractivity contribution in [2.45, 2.75) is 89.1 Å². The Morgan fingerprint density at radius 2 is 1.57 bits per heavy atom. The summed E-state index contributed by atoms with van der Waals surface area (Å²) in [5.41, 5.74) is 7.50. The molecule has 3 aromatic carbocycles. The summed E-state index contributed by atoms with van der Waals surface area (Å²) in [6.45, 7) is 2.23. The highest BCUT2D eigenvalue weighted by Crippen LogP contribution is 2.39. The normalized spacial score (nSPS) is 21.4. The van der Waals surface area contributed by atoms with Gasteiger partial charge in [0.2, 0.25) is 11.8 Å². The Balaban J connectivity index is 1.24. The van der Waals surface area contributed by atoms with Gasteiger partial charge in [-0.25, -0.2) is 5.48 Å². The smallest absolute Gasteiger partial charge is 0.243 e. The molecule has 0 saturated carbocycles. The van der Waals surface area contributed by atoms with Crippen LogP contribution in [0.25, 0.3) is 11.1 Å². The number of likely N-dealkylation sites (tertiary alicyclic amines) is 1. The van der Waals surface area contributed by atoms with E-state index in [1.807, 2.05) is 60.7 Å². The van der Waals surface area contributed by atoms with Crippen LogP contribution in [0.2, 0.25) is 0 Å². The lowest BCUT2D eigenvalue weighted by atomic mass is 9.97. The second-order valence-corrected chi connectivity index (χ2v) is 12.5. The number of carbonyl (C=O) groups excluding carboxylic acids is 2. The summed E-state index contributed by atoms with van der Waals surface area (Å²) in [5.74, 6) is -0.450. The summed E-state index contributed by atoms with van der Waals surface area (Å²) in [5, 5.41) is 31.0. The summed E-state index contributed by atoms with van der Waals surface area (Å²) in [7, 11) is 0. The molecule has 10 heteroatoms. The molecule has 0 bridgehead atoms. The Morgan fingerprint density at radius 3 is 2.30 bits per heavy atom. The van der Waals surface area contributed by atoms with E-state index < -0.39 is 12.2 Å². The average Bonchev–Trinajstić information content (AvgIpc) is 3.57. The van der Waals surface area contributed by atoms with Gasteiger partial charge >= 0.3 is 0 Å². The largest absolute Gasteiger partial charge is 0.395 e. The van der Waals surface area contributed by atoms with E-state index >= 15 is 0 Å². The lowest BCUT2D eigenvalue weighted by Crippen LogP contribution is -2.42. The van der Waals surface area contributed by atoms with Gasteiger partial charge in [-0.15, -0.1) is 0 Å². The highest BCUT2D eigenvalue weighted by atomic mass is 16.7. The van der Waals surface area contributed by atoms with Crippen LogP contribution in [0.4, 0.5) is 0 Å². The van der Waals surface area contributed by atoms with Gasteiger partial charge in [0.05, 0.1) is 25.4 Å². The number of hydroxylamine groups is 1. The summed E-state index contributed by atoms with van der Waals surface area (Å²) in [4.78, 5) is 25.9. The van der Waals surface area contributed by atoms with E-state index in [1.165, 1.54) is 0 Å². The Labute approximate surface area is 276 Å². The standard InChI is InChI=1S/C37H47N3O7/c41-24-26-12-14-28(15-13-26)34-21-32(23-40-20-6-8-31(40)25-42)46-37(47-34)29-18-16-27(17-19-29)33-9-5-4-7-30(33)22-38-35(43)10-2-1-3-11-36(44)39-45/h4-5,7,9,12-19,31-32,34,37,41-42,45H,1-3,6,8,10-11,20-25H2,(H,38,43)(H,39,44)/t31-,32-,34+,37+/m0/s1. The molecule has 2 amide bonds. The maximum Gasteiger partial charge on any atom is 0.243 e. The minimum absolute atomic E-state index is 0.00539. The third-order valence-electron chi connectivity index (χ3n) is 9.18. The molecule has 2 aliphatic rings. The quantitative estimate of drug-likeness (QED) is 0.0892. The minimum atomic E-state index is -0.562. The number of carbonyl (C=O) groups is 2. The van der Waals surface area contributed by atoms with E-state index in [-0.39, 0.29) is 43.8 Å². The van der Waals surface area contributed by atoms with Gasteiger partial charge in [0.25, 0.3) is 0 Å². The number of benzene rings is 3. The van der Waals surface area contributed by atoms with Crippen molar-refractivity contribution in [3.05, 3.63) is 95.1 Å². The van der Waals surface area contributed by atoms with Gasteiger partial charge in [-0.3, -0.25) is 19.7 Å². The van der Waals surface area contributed by atoms with Gasteiger partial charge in [0.15, 0.2) is 6.29 Å². The van der Waals surface area contributed by atoms with Crippen LogP contribution in [0.5, 0.6) is 0 Å². The summed E-state index contributed by atoms with van der Waals surface area (Å²) in [6.07, 6.45) is 4.61. The topological polar surface area (TPSA) is 141 Å². The first-order chi connectivity index (χ1) is 23.0. The molecule has 0 aliphatic carbocycles. The van der Waals surface area contributed by atoms with Crippen LogP contribution in [-0.2, 0) is 32.2 Å². The SMILES string of the molecule is O=C(CCCCCC(=O)NCc1ccccc1-c1ccc([C@@H]2O[C@H](CN3CCC[C@H]3CO)C[C@H](c3ccc(CO)cc3)O2)cc1)NO. The first-order valence-electron chi connectivity index (χ1n) is 16.7. The summed E-state index contributed by atoms with van der Waals surface area (Å²) < 4.78 is 13.1.